The molecule has 0 N–H and O–H groups in total. The van der Waals surface area contributed by atoms with Gasteiger partial charge >= 0.3 is 0 Å². The van der Waals surface area contributed by atoms with Gasteiger partial charge in [0.05, 0.1) is 4.91 Å². The van der Waals surface area contributed by atoms with Crippen molar-refractivity contribution in [2.45, 2.75) is 6.42 Å². The molecular formula is C9H8ClFO2S. The summed E-state index contributed by atoms with van der Waals surface area (Å²) in [6, 6.07) is 5.63. The molecule has 0 radical (unpaired) electrons. The predicted molar refractivity (Wildman–Crippen MR) is 54.0 cm³/mol. The van der Waals surface area contributed by atoms with Crippen molar-refractivity contribution >= 4 is 19.7 Å². The zero-order valence-corrected chi connectivity index (χ0v) is 8.78. The first-order chi connectivity index (χ1) is 6.39. The average Bonchev–Trinajstić information content (AvgIpc) is 2.02. The molecule has 0 bridgehead atoms. The molecule has 0 aliphatic carbocycles. The Kier molecular flexibility index (Phi) is 3.29. The van der Waals surface area contributed by atoms with Crippen molar-refractivity contribution in [3.05, 3.63) is 47.1 Å². The fourth-order valence-corrected chi connectivity index (χ4v) is 1.46. The van der Waals surface area contributed by atoms with Crippen molar-refractivity contribution < 1.29 is 12.8 Å². The molecule has 76 valence electrons. The largest absolute Gasteiger partial charge is 0.257 e. The molecule has 0 aromatic heterocycles. The van der Waals surface area contributed by atoms with Gasteiger partial charge in [-0.05, 0) is 17.7 Å². The van der Waals surface area contributed by atoms with Crippen molar-refractivity contribution in [1.82, 2.24) is 0 Å². The van der Waals surface area contributed by atoms with Crippen LogP contribution in [0.2, 0.25) is 0 Å². The molecule has 2 nitrogen and oxygen atoms in total. The summed E-state index contributed by atoms with van der Waals surface area (Å²) in [4.78, 5) is -0.134. The van der Waals surface area contributed by atoms with Crippen LogP contribution in [0, 0.1) is 5.82 Å². The summed E-state index contributed by atoms with van der Waals surface area (Å²) >= 11 is 0. The van der Waals surface area contributed by atoms with Gasteiger partial charge in [-0.1, -0.05) is 18.7 Å². The molecule has 0 unspecified atom stereocenters. The second-order valence-corrected chi connectivity index (χ2v) is 5.46. The summed E-state index contributed by atoms with van der Waals surface area (Å²) in [5.74, 6) is -0.415. The summed E-state index contributed by atoms with van der Waals surface area (Å²) < 4.78 is 34.3. The Balaban J connectivity index is 2.86. The molecule has 0 spiro atoms. The molecule has 1 rings (SSSR count). The maximum absolute atomic E-state index is 12.7. The van der Waals surface area contributed by atoms with Crippen LogP contribution in [0.25, 0.3) is 0 Å². The minimum atomic E-state index is -3.76. The molecule has 0 aliphatic heterocycles. The lowest BCUT2D eigenvalue weighted by Gasteiger charge is -2.01. The number of hydrogen-bond acceptors (Lipinski definition) is 2. The van der Waals surface area contributed by atoms with E-state index in [1.54, 1.807) is 6.07 Å². The summed E-state index contributed by atoms with van der Waals surface area (Å²) in [6.07, 6.45) is 0.0313. The average molecular weight is 235 g/mol. The summed E-state index contributed by atoms with van der Waals surface area (Å²) in [6.45, 7) is 3.31. The second kappa shape index (κ2) is 4.11. The Labute approximate surface area is 86.4 Å². The smallest absolute Gasteiger partial charge is 0.207 e. The molecule has 0 heterocycles. The van der Waals surface area contributed by atoms with Gasteiger partial charge in [0, 0.05) is 17.1 Å². The molecule has 1 aromatic carbocycles. The van der Waals surface area contributed by atoms with Crippen LogP contribution in [0.5, 0.6) is 0 Å². The molecule has 0 atom stereocenters. The Hall–Kier alpha value is -0.870. The minimum Gasteiger partial charge on any atom is -0.207 e. The number of halogens is 2. The lowest BCUT2D eigenvalue weighted by molar-refractivity contribution is 0.613. The third-order valence-electron chi connectivity index (χ3n) is 1.64. The zero-order valence-electron chi connectivity index (χ0n) is 7.20. The van der Waals surface area contributed by atoms with E-state index in [1.165, 1.54) is 18.2 Å². The summed E-state index contributed by atoms with van der Waals surface area (Å²) in [5, 5.41) is 0. The van der Waals surface area contributed by atoms with Crippen LogP contribution in [-0.4, -0.2) is 8.42 Å². The Bertz CT molecular complexity index is 454. The van der Waals surface area contributed by atoms with E-state index < -0.39 is 14.9 Å². The minimum absolute atomic E-state index is 0.0313. The molecule has 0 amide bonds. The monoisotopic (exact) mass is 234 g/mol. The van der Waals surface area contributed by atoms with Gasteiger partial charge in [-0.15, -0.1) is 0 Å². The number of benzene rings is 1. The van der Waals surface area contributed by atoms with Gasteiger partial charge in [-0.3, -0.25) is 0 Å². The Morgan fingerprint density at radius 3 is 2.64 bits per heavy atom. The van der Waals surface area contributed by atoms with Gasteiger partial charge in [0.25, 0.3) is 9.05 Å². The maximum atomic E-state index is 12.7. The molecule has 1 aromatic rings. The van der Waals surface area contributed by atoms with Gasteiger partial charge in [0.2, 0.25) is 0 Å². The first-order valence-corrected chi connectivity index (χ1v) is 6.07. The van der Waals surface area contributed by atoms with E-state index in [4.69, 9.17) is 10.7 Å². The molecular weight excluding hydrogens is 227 g/mol. The van der Waals surface area contributed by atoms with Crippen molar-refractivity contribution in [3.63, 3.8) is 0 Å². The van der Waals surface area contributed by atoms with Gasteiger partial charge in [-0.25, -0.2) is 12.8 Å². The Morgan fingerprint density at radius 2 is 2.14 bits per heavy atom. The first-order valence-electron chi connectivity index (χ1n) is 3.76. The van der Waals surface area contributed by atoms with E-state index in [0.29, 0.717) is 5.56 Å². The van der Waals surface area contributed by atoms with Gasteiger partial charge in [-0.2, -0.15) is 0 Å². The van der Waals surface area contributed by atoms with E-state index in [9.17, 15) is 12.8 Å². The van der Waals surface area contributed by atoms with Crippen LogP contribution in [0.15, 0.2) is 35.7 Å². The van der Waals surface area contributed by atoms with Crippen molar-refractivity contribution in [3.8, 4) is 0 Å². The topological polar surface area (TPSA) is 34.1 Å². The highest BCUT2D eigenvalue weighted by Gasteiger charge is 2.11. The Morgan fingerprint density at radius 1 is 1.50 bits per heavy atom. The molecule has 0 fully saturated rings. The van der Waals surface area contributed by atoms with E-state index >= 15 is 0 Å². The van der Waals surface area contributed by atoms with Crippen molar-refractivity contribution in [2.75, 3.05) is 0 Å². The lowest BCUT2D eigenvalue weighted by Crippen LogP contribution is -1.97. The standard InChI is InChI=1S/C9H8ClFO2S/c1-7(14(10,12)13)5-8-3-2-4-9(11)6-8/h2-4,6H,1,5H2. The van der Waals surface area contributed by atoms with Gasteiger partial charge in [0.1, 0.15) is 5.82 Å². The van der Waals surface area contributed by atoms with E-state index in [2.05, 4.69) is 6.58 Å². The van der Waals surface area contributed by atoms with E-state index in [0.717, 1.165) is 0 Å². The van der Waals surface area contributed by atoms with Crippen molar-refractivity contribution in [2.24, 2.45) is 0 Å². The normalized spacial score (nSPS) is 11.3. The molecule has 5 heteroatoms. The van der Waals surface area contributed by atoms with Crippen LogP contribution in [0.3, 0.4) is 0 Å². The van der Waals surface area contributed by atoms with E-state index in [-0.39, 0.29) is 11.3 Å². The van der Waals surface area contributed by atoms with Crippen LogP contribution < -0.4 is 0 Å². The predicted octanol–water partition coefficient (Wildman–Crippen LogP) is 2.45. The SMILES string of the molecule is C=C(Cc1cccc(F)c1)S(=O)(=O)Cl. The molecule has 0 saturated heterocycles. The van der Waals surface area contributed by atoms with Crippen LogP contribution in [0.1, 0.15) is 5.56 Å². The van der Waals surface area contributed by atoms with Crippen LogP contribution in [-0.2, 0) is 15.5 Å². The van der Waals surface area contributed by atoms with Crippen molar-refractivity contribution in [1.29, 1.82) is 0 Å². The fraction of sp³-hybridized carbons (Fsp3) is 0.111. The quantitative estimate of drug-likeness (QED) is 0.753. The summed E-state index contributed by atoms with van der Waals surface area (Å²) in [5.41, 5.74) is 0.527. The maximum Gasteiger partial charge on any atom is 0.257 e. The molecule has 0 aliphatic rings. The highest BCUT2D eigenvalue weighted by molar-refractivity contribution is 8.16. The van der Waals surface area contributed by atoms with Crippen LogP contribution in [0.4, 0.5) is 4.39 Å². The van der Waals surface area contributed by atoms with Crippen LogP contribution >= 0.6 is 10.7 Å². The van der Waals surface area contributed by atoms with E-state index in [1.807, 2.05) is 0 Å². The summed E-state index contributed by atoms with van der Waals surface area (Å²) in [7, 11) is 1.29. The second-order valence-electron chi connectivity index (χ2n) is 2.78. The number of hydrogen-bond donors (Lipinski definition) is 0. The number of allylic oxidation sites excluding steroid dienone is 1. The number of rotatable bonds is 3. The first kappa shape index (κ1) is 11.2. The third kappa shape index (κ3) is 3.12. The molecule has 14 heavy (non-hydrogen) atoms. The molecule has 0 saturated carbocycles. The highest BCUT2D eigenvalue weighted by Crippen LogP contribution is 2.16. The third-order valence-corrected chi connectivity index (χ3v) is 3.12. The fourth-order valence-electron chi connectivity index (χ4n) is 0.961. The van der Waals surface area contributed by atoms with Gasteiger partial charge in [0.15, 0.2) is 0 Å². The van der Waals surface area contributed by atoms with Gasteiger partial charge < -0.3 is 0 Å². The lowest BCUT2D eigenvalue weighted by atomic mass is 10.1. The zero-order chi connectivity index (χ0) is 10.8. The highest BCUT2D eigenvalue weighted by atomic mass is 35.7.